The van der Waals surface area contributed by atoms with Gasteiger partial charge in [0, 0.05) is 68.0 Å². The highest BCUT2D eigenvalue weighted by atomic mass is 79.9. The van der Waals surface area contributed by atoms with Gasteiger partial charge in [0.1, 0.15) is 0 Å². The first-order chi connectivity index (χ1) is 10.1. The van der Waals surface area contributed by atoms with Crippen molar-refractivity contribution in [3.8, 4) is 0 Å². The van der Waals surface area contributed by atoms with Crippen molar-refractivity contribution in [2.24, 2.45) is 0 Å². The smallest absolute Gasteiger partial charge is 0.275 e. The van der Waals surface area contributed by atoms with Crippen LogP contribution in [0.2, 0.25) is 0 Å². The maximum atomic E-state index is 11.2. The van der Waals surface area contributed by atoms with E-state index in [1.54, 1.807) is 6.07 Å². The maximum absolute atomic E-state index is 11.2. The van der Waals surface area contributed by atoms with Crippen molar-refractivity contribution in [2.45, 2.75) is 12.6 Å². The number of benzene rings is 1. The van der Waals surface area contributed by atoms with Crippen LogP contribution in [0.15, 0.2) is 22.7 Å². The Kier molecular flexibility index (Phi) is 4.54. The molecule has 0 unspecified atom stereocenters. The van der Waals surface area contributed by atoms with Crippen LogP contribution in [0.3, 0.4) is 0 Å². The second-order valence-corrected chi connectivity index (χ2v) is 6.57. The lowest BCUT2D eigenvalue weighted by Gasteiger charge is -2.43. The monoisotopic (exact) mass is 354 g/mol. The Morgan fingerprint density at radius 1 is 1.29 bits per heavy atom. The Bertz CT molecular complexity index is 528. The van der Waals surface area contributed by atoms with Crippen LogP contribution in [0.1, 0.15) is 5.56 Å². The molecule has 1 aromatic carbocycles. The van der Waals surface area contributed by atoms with Crippen LogP contribution in [0.4, 0.5) is 5.69 Å². The minimum atomic E-state index is -0.295. The zero-order valence-corrected chi connectivity index (χ0v) is 13.4. The fourth-order valence-corrected chi connectivity index (χ4v) is 3.25. The lowest BCUT2D eigenvalue weighted by molar-refractivity contribution is -0.385. The van der Waals surface area contributed by atoms with Crippen LogP contribution in [-0.4, -0.2) is 60.0 Å². The molecular weight excluding hydrogens is 336 g/mol. The Morgan fingerprint density at radius 3 is 2.57 bits per heavy atom. The van der Waals surface area contributed by atoms with Crippen molar-refractivity contribution in [1.29, 1.82) is 0 Å². The van der Waals surface area contributed by atoms with E-state index in [0.29, 0.717) is 12.6 Å². The summed E-state index contributed by atoms with van der Waals surface area (Å²) >= 11 is 3.30. The van der Waals surface area contributed by atoms with E-state index in [1.165, 1.54) is 0 Å². The summed E-state index contributed by atoms with van der Waals surface area (Å²) in [5.74, 6) is 0. The SMILES string of the molecule is O=[N+]([O-])c1cc(Br)ccc1CN1CCN(C2CNC2)CC1. The third kappa shape index (κ3) is 3.42. The molecule has 0 saturated carbocycles. The summed E-state index contributed by atoms with van der Waals surface area (Å²) in [6.45, 7) is 6.90. The lowest BCUT2D eigenvalue weighted by atomic mass is 10.1. The Morgan fingerprint density at radius 2 is 2.00 bits per heavy atom. The summed E-state index contributed by atoms with van der Waals surface area (Å²) in [6, 6.07) is 6.00. The van der Waals surface area contributed by atoms with Gasteiger partial charge in [0.2, 0.25) is 0 Å². The Labute approximate surface area is 132 Å². The topological polar surface area (TPSA) is 61.7 Å². The number of nitrogens with one attached hydrogen (secondary N) is 1. The number of nitro benzene ring substituents is 1. The number of rotatable bonds is 4. The maximum Gasteiger partial charge on any atom is 0.275 e. The van der Waals surface area contributed by atoms with Gasteiger partial charge in [0.05, 0.1) is 4.92 Å². The van der Waals surface area contributed by atoms with Crippen LogP contribution >= 0.6 is 15.9 Å². The van der Waals surface area contributed by atoms with Crippen molar-refractivity contribution >= 4 is 21.6 Å². The molecule has 2 fully saturated rings. The molecule has 0 amide bonds. The zero-order valence-electron chi connectivity index (χ0n) is 11.8. The fraction of sp³-hybridized carbons (Fsp3) is 0.571. The molecule has 0 aliphatic carbocycles. The predicted molar refractivity (Wildman–Crippen MR) is 84.3 cm³/mol. The van der Waals surface area contributed by atoms with E-state index in [4.69, 9.17) is 0 Å². The van der Waals surface area contributed by atoms with Crippen LogP contribution in [0, 0.1) is 10.1 Å². The largest absolute Gasteiger partial charge is 0.314 e. The average molecular weight is 355 g/mol. The molecule has 2 saturated heterocycles. The fourth-order valence-electron chi connectivity index (χ4n) is 2.90. The first kappa shape index (κ1) is 14.9. The molecule has 1 aromatic rings. The molecule has 21 heavy (non-hydrogen) atoms. The Hall–Kier alpha value is -1.02. The van der Waals surface area contributed by atoms with Crippen molar-refractivity contribution in [3.63, 3.8) is 0 Å². The summed E-state index contributed by atoms with van der Waals surface area (Å²) in [5, 5.41) is 14.5. The molecule has 6 nitrogen and oxygen atoms in total. The average Bonchev–Trinajstić information content (AvgIpc) is 2.41. The summed E-state index contributed by atoms with van der Waals surface area (Å²) in [7, 11) is 0. The molecule has 2 aliphatic rings. The van der Waals surface area contributed by atoms with E-state index in [1.807, 2.05) is 12.1 Å². The van der Waals surface area contributed by atoms with Crippen LogP contribution in [0.25, 0.3) is 0 Å². The third-order valence-electron chi connectivity index (χ3n) is 4.32. The molecule has 2 aliphatic heterocycles. The number of nitrogens with zero attached hydrogens (tertiary/aromatic N) is 3. The number of hydrogen-bond donors (Lipinski definition) is 1. The molecule has 1 N–H and O–H groups in total. The molecule has 114 valence electrons. The summed E-state index contributed by atoms with van der Waals surface area (Å²) < 4.78 is 0.750. The molecule has 7 heteroatoms. The van der Waals surface area contributed by atoms with Gasteiger partial charge in [0.25, 0.3) is 5.69 Å². The highest BCUT2D eigenvalue weighted by molar-refractivity contribution is 9.10. The van der Waals surface area contributed by atoms with Gasteiger partial charge in [-0.15, -0.1) is 0 Å². The summed E-state index contributed by atoms with van der Waals surface area (Å²) in [6.07, 6.45) is 0. The number of halogens is 1. The minimum absolute atomic E-state index is 0.204. The van der Waals surface area contributed by atoms with Crippen LogP contribution in [0.5, 0.6) is 0 Å². The first-order valence-corrected chi connectivity index (χ1v) is 8.03. The van der Waals surface area contributed by atoms with Gasteiger partial charge < -0.3 is 5.32 Å². The molecule has 0 radical (unpaired) electrons. The van der Waals surface area contributed by atoms with E-state index in [-0.39, 0.29) is 10.6 Å². The second kappa shape index (κ2) is 6.39. The predicted octanol–water partition coefficient (Wildman–Crippen LogP) is 1.45. The molecular formula is C14H19BrN4O2. The number of hydrogen-bond acceptors (Lipinski definition) is 5. The highest BCUT2D eigenvalue weighted by Gasteiger charge is 2.28. The minimum Gasteiger partial charge on any atom is -0.314 e. The van der Waals surface area contributed by atoms with Gasteiger partial charge in [-0.25, -0.2) is 0 Å². The first-order valence-electron chi connectivity index (χ1n) is 7.23. The molecule has 3 rings (SSSR count). The second-order valence-electron chi connectivity index (χ2n) is 5.65. The summed E-state index contributed by atoms with van der Waals surface area (Å²) in [4.78, 5) is 15.7. The quantitative estimate of drug-likeness (QED) is 0.654. The van der Waals surface area contributed by atoms with E-state index >= 15 is 0 Å². The van der Waals surface area contributed by atoms with E-state index < -0.39 is 0 Å². The molecule has 0 bridgehead atoms. The third-order valence-corrected chi connectivity index (χ3v) is 4.81. The van der Waals surface area contributed by atoms with Gasteiger partial charge in [-0.1, -0.05) is 15.9 Å². The standard InChI is InChI=1S/C14H19BrN4O2/c15-12-2-1-11(14(7-12)19(20)21)10-17-3-5-18(6-4-17)13-8-16-9-13/h1-2,7,13,16H,3-6,8-10H2. The van der Waals surface area contributed by atoms with Crippen LogP contribution < -0.4 is 5.32 Å². The molecule has 2 heterocycles. The van der Waals surface area contributed by atoms with Crippen molar-refractivity contribution < 1.29 is 4.92 Å². The van der Waals surface area contributed by atoms with Crippen molar-refractivity contribution in [1.82, 2.24) is 15.1 Å². The van der Waals surface area contributed by atoms with E-state index in [2.05, 4.69) is 31.0 Å². The van der Waals surface area contributed by atoms with Gasteiger partial charge in [-0.05, 0) is 12.1 Å². The lowest BCUT2D eigenvalue weighted by Crippen LogP contribution is -2.61. The zero-order chi connectivity index (χ0) is 14.8. The normalized spacial score (nSPS) is 21.2. The molecule has 0 atom stereocenters. The molecule has 0 spiro atoms. The Balaban J connectivity index is 1.61. The van der Waals surface area contributed by atoms with Crippen molar-refractivity contribution in [3.05, 3.63) is 38.3 Å². The van der Waals surface area contributed by atoms with Crippen LogP contribution in [-0.2, 0) is 6.54 Å². The van der Waals surface area contributed by atoms with Gasteiger partial charge in [-0.2, -0.15) is 0 Å². The van der Waals surface area contributed by atoms with Gasteiger partial charge in [0.15, 0.2) is 0 Å². The van der Waals surface area contributed by atoms with Gasteiger partial charge in [-0.3, -0.25) is 19.9 Å². The van der Waals surface area contributed by atoms with E-state index in [9.17, 15) is 10.1 Å². The number of piperazine rings is 1. The molecule has 0 aromatic heterocycles. The number of nitro groups is 1. The summed E-state index contributed by atoms with van der Waals surface area (Å²) in [5.41, 5.74) is 0.997. The van der Waals surface area contributed by atoms with Crippen molar-refractivity contribution in [2.75, 3.05) is 39.3 Å². The van der Waals surface area contributed by atoms with Gasteiger partial charge >= 0.3 is 0 Å². The highest BCUT2D eigenvalue weighted by Crippen LogP contribution is 2.25. The van der Waals surface area contributed by atoms with E-state index in [0.717, 1.165) is 49.3 Å².